The van der Waals surface area contributed by atoms with Crippen molar-refractivity contribution in [1.82, 2.24) is 4.90 Å². The smallest absolute Gasteiger partial charge is 0.118 e. The second-order valence-corrected chi connectivity index (χ2v) is 7.08. The van der Waals surface area contributed by atoms with Crippen LogP contribution in [0.25, 0.3) is 0 Å². The van der Waals surface area contributed by atoms with Gasteiger partial charge in [0.15, 0.2) is 0 Å². The van der Waals surface area contributed by atoms with Crippen LogP contribution in [-0.2, 0) is 6.42 Å². The van der Waals surface area contributed by atoms with E-state index in [1.54, 1.807) is 7.11 Å². The van der Waals surface area contributed by atoms with E-state index in [-0.39, 0.29) is 6.10 Å². The largest absolute Gasteiger partial charge is 0.497 e. The van der Waals surface area contributed by atoms with E-state index in [1.165, 1.54) is 16.8 Å². The van der Waals surface area contributed by atoms with Gasteiger partial charge >= 0.3 is 0 Å². The fraction of sp³-hybridized carbons (Fsp3) is 0.409. The Labute approximate surface area is 157 Å². The molecule has 26 heavy (non-hydrogen) atoms. The molecule has 1 N–H and O–H groups in total. The monoisotopic (exact) mass is 353 g/mol. The average molecular weight is 353 g/mol. The van der Waals surface area contributed by atoms with Crippen LogP contribution in [0.4, 0.5) is 5.69 Å². The molecule has 4 nitrogen and oxygen atoms in total. The summed E-state index contributed by atoms with van der Waals surface area (Å²) in [4.78, 5) is 4.68. The maximum atomic E-state index is 10.5. The topological polar surface area (TPSA) is 35.9 Å². The van der Waals surface area contributed by atoms with Crippen LogP contribution in [0.3, 0.4) is 0 Å². The number of para-hydroxylation sites is 1. The summed E-state index contributed by atoms with van der Waals surface area (Å²) < 4.78 is 5.18. The van der Waals surface area contributed by atoms with Crippen LogP contribution in [0.1, 0.15) is 16.7 Å². The number of methoxy groups -OCH3 is 1. The van der Waals surface area contributed by atoms with Gasteiger partial charge in [-0.2, -0.15) is 0 Å². The number of nitrogens with zero attached hydrogens (tertiary/aromatic N) is 2. The zero-order valence-corrected chi connectivity index (χ0v) is 16.0. The summed E-state index contributed by atoms with van der Waals surface area (Å²) in [5.74, 6) is 0.848. The Balaban J connectivity index is 1.50. The molecule has 1 atom stereocenters. The van der Waals surface area contributed by atoms with Crippen molar-refractivity contribution in [3.8, 4) is 5.75 Å². The minimum atomic E-state index is -0.358. The Kier molecular flexibility index (Phi) is 6.17. The average Bonchev–Trinajstić information content (AvgIpc) is 2.63. The summed E-state index contributed by atoms with van der Waals surface area (Å²) >= 11 is 0. The van der Waals surface area contributed by atoms with Crippen molar-refractivity contribution >= 4 is 5.69 Å². The summed E-state index contributed by atoms with van der Waals surface area (Å²) in [6, 6.07) is 14.4. The Bertz CT molecular complexity index is 686. The van der Waals surface area contributed by atoms with E-state index in [0.29, 0.717) is 13.0 Å². The van der Waals surface area contributed by atoms with Gasteiger partial charge in [-0.3, -0.25) is 4.90 Å². The number of aliphatic hydroxyl groups excluding tert-OH is 1. The normalized spacial score (nSPS) is 16.5. The molecule has 1 aliphatic rings. The summed E-state index contributed by atoms with van der Waals surface area (Å²) in [5, 5.41) is 10.5. The van der Waals surface area contributed by atoms with Gasteiger partial charge in [0, 0.05) is 31.9 Å². The third-order valence-electron chi connectivity index (χ3n) is 5.04. The van der Waals surface area contributed by atoms with Gasteiger partial charge in [-0.15, -0.1) is 0 Å². The van der Waals surface area contributed by atoms with Gasteiger partial charge in [0.05, 0.1) is 19.8 Å². The molecule has 0 bridgehead atoms. The summed E-state index contributed by atoms with van der Waals surface area (Å²) in [6.45, 7) is 10.1. The molecular weight excluding hydrogens is 324 g/mol. The fourth-order valence-electron chi connectivity index (χ4n) is 3.67. The molecule has 0 saturated carbocycles. The maximum Gasteiger partial charge on any atom is 0.118 e. The van der Waals surface area contributed by atoms with Crippen LogP contribution < -0.4 is 9.64 Å². The molecule has 139 valence electrons. The highest BCUT2D eigenvalue weighted by molar-refractivity contribution is 5.60. The number of hydrogen-bond acceptors (Lipinski definition) is 4. The first-order valence-corrected chi connectivity index (χ1v) is 9.26. The molecule has 1 unspecified atom stereocenters. The molecule has 1 aliphatic heterocycles. The van der Waals surface area contributed by atoms with Crippen molar-refractivity contribution in [2.45, 2.75) is 26.4 Å². The summed E-state index contributed by atoms with van der Waals surface area (Å²) in [7, 11) is 1.67. The zero-order valence-electron chi connectivity index (χ0n) is 16.0. The van der Waals surface area contributed by atoms with Crippen molar-refractivity contribution in [3.05, 3.63) is 65.7 Å². The number of ether oxygens (including phenoxy) is 1. The molecule has 0 aromatic heterocycles. The molecular formula is C22H29N2O2. The van der Waals surface area contributed by atoms with E-state index < -0.39 is 0 Å². The van der Waals surface area contributed by atoms with Crippen LogP contribution in [0, 0.1) is 20.4 Å². The van der Waals surface area contributed by atoms with Crippen molar-refractivity contribution in [2.75, 3.05) is 38.2 Å². The van der Waals surface area contributed by atoms with Gasteiger partial charge in [0.2, 0.25) is 0 Å². The van der Waals surface area contributed by atoms with Crippen molar-refractivity contribution in [3.63, 3.8) is 0 Å². The number of hydrogen-bond donors (Lipinski definition) is 1. The number of anilines is 1. The molecule has 2 aromatic rings. The van der Waals surface area contributed by atoms with Gasteiger partial charge in [0.25, 0.3) is 0 Å². The summed E-state index contributed by atoms with van der Waals surface area (Å²) in [5.41, 5.74) is 5.09. The Morgan fingerprint density at radius 2 is 1.73 bits per heavy atom. The molecule has 0 amide bonds. The van der Waals surface area contributed by atoms with Crippen LogP contribution >= 0.6 is 0 Å². The molecule has 0 aliphatic carbocycles. The second-order valence-electron chi connectivity index (χ2n) is 7.08. The van der Waals surface area contributed by atoms with Crippen molar-refractivity contribution < 1.29 is 9.84 Å². The lowest BCUT2D eigenvalue weighted by Crippen LogP contribution is -2.46. The van der Waals surface area contributed by atoms with E-state index >= 15 is 0 Å². The Morgan fingerprint density at radius 1 is 1.04 bits per heavy atom. The van der Waals surface area contributed by atoms with E-state index in [2.05, 4.69) is 48.4 Å². The lowest BCUT2D eigenvalue weighted by atomic mass is 10.1. The molecule has 1 heterocycles. The van der Waals surface area contributed by atoms with Gasteiger partial charge in [-0.25, -0.2) is 0 Å². The van der Waals surface area contributed by atoms with Gasteiger partial charge in [-0.05, 0) is 49.1 Å². The first kappa shape index (κ1) is 18.7. The molecule has 0 spiro atoms. The highest BCUT2D eigenvalue weighted by Crippen LogP contribution is 2.27. The van der Waals surface area contributed by atoms with Gasteiger partial charge < -0.3 is 14.7 Å². The quantitative estimate of drug-likeness (QED) is 0.865. The Morgan fingerprint density at radius 3 is 2.31 bits per heavy atom. The molecule has 3 rings (SSSR count). The predicted octanol–water partition coefficient (Wildman–Crippen LogP) is 3.20. The lowest BCUT2D eigenvalue weighted by Gasteiger charge is -2.37. The standard InChI is InChI=1S/C22H29N2O2/c1-17-5-4-6-18(2)22(17)24-13-11-23(12-14-24)16-20(25)15-19-7-9-21(26-3)10-8-19/h4-10,13,20,25H,11-12,14-16H2,1-3H3. The fourth-order valence-corrected chi connectivity index (χ4v) is 3.67. The molecule has 1 radical (unpaired) electrons. The van der Waals surface area contributed by atoms with Crippen LogP contribution in [-0.4, -0.2) is 49.4 Å². The van der Waals surface area contributed by atoms with Gasteiger partial charge in [-0.1, -0.05) is 30.3 Å². The van der Waals surface area contributed by atoms with Crippen molar-refractivity contribution in [1.29, 1.82) is 0 Å². The number of aryl methyl sites for hydroxylation is 2. The van der Waals surface area contributed by atoms with Crippen molar-refractivity contribution in [2.24, 2.45) is 0 Å². The molecule has 1 saturated heterocycles. The van der Waals surface area contributed by atoms with E-state index in [9.17, 15) is 5.11 Å². The lowest BCUT2D eigenvalue weighted by molar-refractivity contribution is 0.113. The van der Waals surface area contributed by atoms with Crippen LogP contribution in [0.15, 0.2) is 42.5 Å². The number of benzene rings is 2. The molecule has 1 fully saturated rings. The Hall–Kier alpha value is -2.04. The highest BCUT2D eigenvalue weighted by Gasteiger charge is 2.21. The van der Waals surface area contributed by atoms with Gasteiger partial charge in [0.1, 0.15) is 5.75 Å². The number of β-amino-alcohol motifs (C(OH)–C–C–N with tert-alkyl or cyclic N) is 1. The zero-order chi connectivity index (χ0) is 18.5. The molecule has 2 aromatic carbocycles. The summed E-state index contributed by atoms with van der Waals surface area (Å²) in [6.07, 6.45) is 0.310. The SMILES string of the molecule is COc1ccc(CC(O)CN2C[CH]N(c3c(C)cccc3C)CC2)cc1. The van der Waals surface area contributed by atoms with Crippen LogP contribution in [0.5, 0.6) is 5.75 Å². The number of aliphatic hydroxyl groups is 1. The minimum Gasteiger partial charge on any atom is -0.497 e. The first-order valence-electron chi connectivity index (χ1n) is 9.26. The van der Waals surface area contributed by atoms with Crippen LogP contribution in [0.2, 0.25) is 0 Å². The third kappa shape index (κ3) is 4.57. The van der Waals surface area contributed by atoms with E-state index in [1.807, 2.05) is 24.3 Å². The molecule has 4 heteroatoms. The second kappa shape index (κ2) is 8.56. The highest BCUT2D eigenvalue weighted by atomic mass is 16.5. The maximum absolute atomic E-state index is 10.5. The van der Waals surface area contributed by atoms with E-state index in [4.69, 9.17) is 4.74 Å². The minimum absolute atomic E-state index is 0.358. The predicted molar refractivity (Wildman–Crippen MR) is 107 cm³/mol. The number of rotatable bonds is 6. The number of piperazine rings is 1. The first-order chi connectivity index (χ1) is 12.6. The van der Waals surface area contributed by atoms with E-state index in [0.717, 1.165) is 30.9 Å². The third-order valence-corrected chi connectivity index (χ3v) is 5.04.